The van der Waals surface area contributed by atoms with Gasteiger partial charge in [-0.1, -0.05) is 32.4 Å². The van der Waals surface area contributed by atoms with Crippen LogP contribution in [-0.2, 0) is 14.3 Å². The molecule has 3 N–H and O–H groups in total. The lowest BCUT2D eigenvalue weighted by molar-refractivity contribution is -0.142. The van der Waals surface area contributed by atoms with E-state index in [1.807, 2.05) is 34.6 Å². The van der Waals surface area contributed by atoms with E-state index in [9.17, 15) is 19.5 Å². The molecule has 0 spiro atoms. The van der Waals surface area contributed by atoms with Gasteiger partial charge in [0, 0.05) is 12.6 Å². The number of likely N-dealkylation sites (N-methyl/N-ethyl adjacent to an activating group) is 1. The Morgan fingerprint density at radius 2 is 1.72 bits per heavy atom. The van der Waals surface area contributed by atoms with E-state index in [0.717, 1.165) is 0 Å². The van der Waals surface area contributed by atoms with Crippen LogP contribution in [0.5, 0.6) is 5.75 Å². The van der Waals surface area contributed by atoms with E-state index >= 15 is 0 Å². The number of phenols is 1. The van der Waals surface area contributed by atoms with E-state index in [-0.39, 0.29) is 17.6 Å². The molecule has 0 radical (unpaired) electrons. The third kappa shape index (κ3) is 8.40. The Balaban J connectivity index is 3.31. The Morgan fingerprint density at radius 3 is 2.19 bits per heavy atom. The van der Waals surface area contributed by atoms with Crippen molar-refractivity contribution in [3.05, 3.63) is 29.8 Å². The van der Waals surface area contributed by atoms with Crippen LogP contribution in [0.3, 0.4) is 0 Å². The molecule has 0 aliphatic carbocycles. The summed E-state index contributed by atoms with van der Waals surface area (Å²) in [4.78, 5) is 40.4. The maximum atomic E-state index is 13.5. The fourth-order valence-corrected chi connectivity index (χ4v) is 3.15. The van der Waals surface area contributed by atoms with Crippen molar-refractivity contribution in [2.45, 2.75) is 85.0 Å². The number of amides is 3. The topological polar surface area (TPSA) is 108 Å². The maximum absolute atomic E-state index is 13.5. The van der Waals surface area contributed by atoms with Crippen molar-refractivity contribution in [1.82, 2.24) is 15.5 Å². The number of aromatic hydroxyl groups is 1. The minimum atomic E-state index is -0.999. The molecule has 8 heteroatoms. The minimum Gasteiger partial charge on any atom is -0.508 e. The zero-order valence-corrected chi connectivity index (χ0v) is 20.8. The standard InChI is InChI=1S/C24H39N3O5/c1-10-15(2)18(25-22(31)32-24(6,7)8)21(30)27(9)19(20(29)26-23(3,4)5)16-12-11-13-17(28)14-16/h11-15,18-19,28H,10H2,1-9H3,(H,25,31)(H,26,29). The van der Waals surface area contributed by atoms with Gasteiger partial charge < -0.3 is 25.4 Å². The normalized spacial score (nSPS) is 14.7. The van der Waals surface area contributed by atoms with Crippen LogP contribution >= 0.6 is 0 Å². The number of nitrogens with one attached hydrogen (secondary N) is 2. The number of carbonyl (C=O) groups is 3. The molecule has 0 aromatic heterocycles. The van der Waals surface area contributed by atoms with Crippen LogP contribution in [0.25, 0.3) is 0 Å². The summed E-state index contributed by atoms with van der Waals surface area (Å²) in [5.41, 5.74) is -0.779. The van der Waals surface area contributed by atoms with Gasteiger partial charge in [0.25, 0.3) is 0 Å². The average molecular weight is 450 g/mol. The highest BCUT2D eigenvalue weighted by atomic mass is 16.6. The van der Waals surface area contributed by atoms with Crippen LogP contribution in [0.15, 0.2) is 24.3 Å². The maximum Gasteiger partial charge on any atom is 0.408 e. The van der Waals surface area contributed by atoms with Crippen molar-refractivity contribution >= 4 is 17.9 Å². The van der Waals surface area contributed by atoms with Gasteiger partial charge in [-0.3, -0.25) is 9.59 Å². The number of carbonyl (C=O) groups excluding carboxylic acids is 3. The molecule has 1 aromatic rings. The summed E-state index contributed by atoms with van der Waals surface area (Å²) in [5.74, 6) is -1.03. The zero-order chi connectivity index (χ0) is 24.9. The first-order valence-corrected chi connectivity index (χ1v) is 10.9. The molecule has 0 saturated heterocycles. The molecule has 0 aliphatic rings. The average Bonchev–Trinajstić information content (AvgIpc) is 2.62. The van der Waals surface area contributed by atoms with Crippen LogP contribution in [0, 0.1) is 5.92 Å². The third-order valence-electron chi connectivity index (χ3n) is 4.82. The molecule has 0 aliphatic heterocycles. The largest absolute Gasteiger partial charge is 0.508 e. The quantitative estimate of drug-likeness (QED) is 0.588. The van der Waals surface area contributed by atoms with Gasteiger partial charge in [-0.05, 0) is 65.2 Å². The molecule has 32 heavy (non-hydrogen) atoms. The van der Waals surface area contributed by atoms with Crippen LogP contribution in [-0.4, -0.2) is 52.1 Å². The Kier molecular flexibility index (Phi) is 9.12. The summed E-state index contributed by atoms with van der Waals surface area (Å²) >= 11 is 0. The molecular formula is C24H39N3O5. The second-order valence-electron chi connectivity index (χ2n) is 10.2. The Labute approximate surface area is 191 Å². The van der Waals surface area contributed by atoms with Gasteiger partial charge in [0.15, 0.2) is 0 Å². The summed E-state index contributed by atoms with van der Waals surface area (Å²) in [7, 11) is 1.52. The Morgan fingerprint density at radius 1 is 1.12 bits per heavy atom. The molecule has 8 nitrogen and oxygen atoms in total. The minimum absolute atomic E-state index is 0.0118. The smallest absolute Gasteiger partial charge is 0.408 e. The number of benzene rings is 1. The Hall–Kier alpha value is -2.77. The number of hydrogen-bond acceptors (Lipinski definition) is 5. The van der Waals surface area contributed by atoms with Gasteiger partial charge in [0.1, 0.15) is 23.4 Å². The molecular weight excluding hydrogens is 410 g/mol. The summed E-state index contributed by atoms with van der Waals surface area (Å²) in [6.07, 6.45) is -0.0667. The highest BCUT2D eigenvalue weighted by Crippen LogP contribution is 2.26. The van der Waals surface area contributed by atoms with E-state index in [1.165, 1.54) is 24.1 Å². The molecule has 1 rings (SSSR count). The number of hydrogen-bond donors (Lipinski definition) is 3. The summed E-state index contributed by atoms with van der Waals surface area (Å²) < 4.78 is 5.33. The first kappa shape index (κ1) is 27.3. The van der Waals surface area contributed by atoms with Gasteiger partial charge in [-0.25, -0.2) is 4.79 Å². The number of alkyl carbamates (subject to hydrolysis) is 1. The van der Waals surface area contributed by atoms with Crippen molar-refractivity contribution in [2.24, 2.45) is 5.92 Å². The Bertz CT molecular complexity index is 811. The second kappa shape index (κ2) is 10.7. The molecule has 0 bridgehead atoms. The van der Waals surface area contributed by atoms with Gasteiger partial charge >= 0.3 is 6.09 Å². The summed E-state index contributed by atoms with van der Waals surface area (Å²) in [6, 6.07) is 4.36. The van der Waals surface area contributed by atoms with Gasteiger partial charge in [0.2, 0.25) is 11.8 Å². The van der Waals surface area contributed by atoms with Crippen molar-refractivity contribution in [3.8, 4) is 5.75 Å². The number of ether oxygens (including phenoxy) is 1. The van der Waals surface area contributed by atoms with Gasteiger partial charge in [-0.2, -0.15) is 0 Å². The van der Waals surface area contributed by atoms with E-state index < -0.39 is 35.2 Å². The van der Waals surface area contributed by atoms with E-state index in [2.05, 4.69) is 10.6 Å². The lowest BCUT2D eigenvalue weighted by atomic mass is 9.96. The number of phenolic OH excluding ortho intramolecular Hbond substituents is 1. The van der Waals surface area contributed by atoms with Crippen LogP contribution in [0.2, 0.25) is 0 Å². The fraction of sp³-hybridized carbons (Fsp3) is 0.625. The molecule has 3 amide bonds. The first-order chi connectivity index (χ1) is 14.6. The lowest BCUT2D eigenvalue weighted by Crippen LogP contribution is -2.55. The number of rotatable bonds is 7. The monoisotopic (exact) mass is 449 g/mol. The van der Waals surface area contributed by atoms with Crippen molar-refractivity contribution in [1.29, 1.82) is 0 Å². The highest BCUT2D eigenvalue weighted by molar-refractivity contribution is 5.92. The van der Waals surface area contributed by atoms with E-state index in [4.69, 9.17) is 4.74 Å². The lowest BCUT2D eigenvalue weighted by Gasteiger charge is -2.35. The second-order valence-corrected chi connectivity index (χ2v) is 10.2. The third-order valence-corrected chi connectivity index (χ3v) is 4.82. The van der Waals surface area contributed by atoms with Crippen LogP contribution in [0.4, 0.5) is 4.79 Å². The predicted molar refractivity (Wildman–Crippen MR) is 124 cm³/mol. The highest BCUT2D eigenvalue weighted by Gasteiger charge is 2.37. The van der Waals surface area contributed by atoms with Crippen molar-refractivity contribution in [2.75, 3.05) is 7.05 Å². The molecule has 0 heterocycles. The van der Waals surface area contributed by atoms with Crippen molar-refractivity contribution < 1.29 is 24.2 Å². The van der Waals surface area contributed by atoms with Crippen LogP contribution in [0.1, 0.15) is 73.4 Å². The molecule has 0 saturated carbocycles. The summed E-state index contributed by atoms with van der Waals surface area (Å²) in [6.45, 7) is 14.5. The van der Waals surface area contributed by atoms with Gasteiger partial charge in [-0.15, -0.1) is 0 Å². The first-order valence-electron chi connectivity index (χ1n) is 10.9. The SMILES string of the molecule is CCC(C)C(NC(=O)OC(C)(C)C)C(=O)N(C)C(C(=O)NC(C)(C)C)c1cccc(O)c1. The fourth-order valence-electron chi connectivity index (χ4n) is 3.15. The molecule has 180 valence electrons. The van der Waals surface area contributed by atoms with E-state index in [0.29, 0.717) is 12.0 Å². The van der Waals surface area contributed by atoms with Gasteiger partial charge in [0.05, 0.1) is 0 Å². The number of nitrogens with zero attached hydrogens (tertiary/aromatic N) is 1. The van der Waals surface area contributed by atoms with Crippen molar-refractivity contribution in [3.63, 3.8) is 0 Å². The molecule has 1 aromatic carbocycles. The van der Waals surface area contributed by atoms with Crippen LogP contribution < -0.4 is 10.6 Å². The predicted octanol–water partition coefficient (Wildman–Crippen LogP) is 3.75. The zero-order valence-electron chi connectivity index (χ0n) is 20.8. The summed E-state index contributed by atoms with van der Waals surface area (Å²) in [5, 5.41) is 15.5. The molecule has 0 fully saturated rings. The molecule has 3 unspecified atom stereocenters. The molecule has 3 atom stereocenters. The van der Waals surface area contributed by atoms with E-state index in [1.54, 1.807) is 32.9 Å².